The SMILES string of the molecule is CNC(CCc1cccc(C)c1)Cc1csc(C)n1. The van der Waals surface area contributed by atoms with Gasteiger partial charge in [-0.05, 0) is 39.3 Å². The van der Waals surface area contributed by atoms with Gasteiger partial charge < -0.3 is 5.32 Å². The summed E-state index contributed by atoms with van der Waals surface area (Å²) in [5.41, 5.74) is 3.98. The van der Waals surface area contributed by atoms with Gasteiger partial charge in [-0.2, -0.15) is 0 Å². The van der Waals surface area contributed by atoms with Crippen molar-refractivity contribution < 1.29 is 0 Å². The highest BCUT2D eigenvalue weighted by atomic mass is 32.1. The van der Waals surface area contributed by atoms with Crippen LogP contribution in [0.25, 0.3) is 0 Å². The highest BCUT2D eigenvalue weighted by Crippen LogP contribution is 2.13. The van der Waals surface area contributed by atoms with E-state index in [1.54, 1.807) is 11.3 Å². The van der Waals surface area contributed by atoms with E-state index in [1.165, 1.54) is 16.8 Å². The summed E-state index contributed by atoms with van der Waals surface area (Å²) in [5, 5.41) is 6.74. The molecule has 2 rings (SSSR count). The van der Waals surface area contributed by atoms with Gasteiger partial charge in [-0.25, -0.2) is 4.98 Å². The zero-order valence-corrected chi connectivity index (χ0v) is 12.8. The van der Waals surface area contributed by atoms with Crippen molar-refractivity contribution in [3.63, 3.8) is 0 Å². The fourth-order valence-electron chi connectivity index (χ4n) is 2.31. The number of aromatic nitrogens is 1. The van der Waals surface area contributed by atoms with Gasteiger partial charge in [0, 0.05) is 17.8 Å². The minimum absolute atomic E-state index is 0.502. The van der Waals surface area contributed by atoms with Crippen LogP contribution in [-0.2, 0) is 12.8 Å². The van der Waals surface area contributed by atoms with Crippen LogP contribution in [0.1, 0.15) is 28.2 Å². The first-order chi connectivity index (χ1) is 9.17. The van der Waals surface area contributed by atoms with Crippen LogP contribution in [0.15, 0.2) is 29.6 Å². The van der Waals surface area contributed by atoms with Crippen LogP contribution < -0.4 is 5.32 Å². The van der Waals surface area contributed by atoms with Crippen molar-refractivity contribution in [1.29, 1.82) is 0 Å². The molecule has 0 aliphatic heterocycles. The predicted octanol–water partition coefficient (Wildman–Crippen LogP) is 3.52. The normalized spacial score (nSPS) is 12.6. The second kappa shape index (κ2) is 6.83. The molecule has 0 bridgehead atoms. The van der Waals surface area contributed by atoms with Crippen molar-refractivity contribution in [3.05, 3.63) is 51.5 Å². The molecule has 19 heavy (non-hydrogen) atoms. The molecule has 0 amide bonds. The van der Waals surface area contributed by atoms with Crippen LogP contribution in [0.3, 0.4) is 0 Å². The molecule has 1 unspecified atom stereocenters. The van der Waals surface area contributed by atoms with Crippen LogP contribution in [-0.4, -0.2) is 18.1 Å². The highest BCUT2D eigenvalue weighted by molar-refractivity contribution is 7.09. The number of aryl methyl sites for hydroxylation is 3. The third-order valence-electron chi connectivity index (χ3n) is 3.39. The molecule has 0 aliphatic carbocycles. The fourth-order valence-corrected chi connectivity index (χ4v) is 2.94. The standard InChI is InChI=1S/C16H22N2S/c1-12-5-4-6-14(9-12)7-8-15(17-3)10-16-11-19-13(2)18-16/h4-6,9,11,15,17H,7-8,10H2,1-3H3. The maximum Gasteiger partial charge on any atom is 0.0897 e. The minimum Gasteiger partial charge on any atom is -0.317 e. The van der Waals surface area contributed by atoms with Gasteiger partial charge in [-0.15, -0.1) is 11.3 Å². The Balaban J connectivity index is 1.89. The molecule has 0 saturated carbocycles. The van der Waals surface area contributed by atoms with Crippen LogP contribution in [0.4, 0.5) is 0 Å². The van der Waals surface area contributed by atoms with Gasteiger partial charge in [-0.1, -0.05) is 29.8 Å². The number of rotatable bonds is 6. The number of benzene rings is 1. The number of likely N-dealkylation sites (N-methyl/N-ethyl adjacent to an activating group) is 1. The van der Waals surface area contributed by atoms with Gasteiger partial charge in [0.25, 0.3) is 0 Å². The van der Waals surface area contributed by atoms with Gasteiger partial charge in [-0.3, -0.25) is 0 Å². The molecular formula is C16H22N2S. The molecule has 0 aliphatic rings. The van der Waals surface area contributed by atoms with Crippen LogP contribution in [0, 0.1) is 13.8 Å². The van der Waals surface area contributed by atoms with Crippen LogP contribution in [0.5, 0.6) is 0 Å². The van der Waals surface area contributed by atoms with E-state index in [1.807, 2.05) is 7.05 Å². The summed E-state index contributed by atoms with van der Waals surface area (Å²) < 4.78 is 0. The molecule has 2 aromatic rings. The zero-order chi connectivity index (χ0) is 13.7. The van der Waals surface area contributed by atoms with Crippen molar-refractivity contribution >= 4 is 11.3 Å². The molecule has 0 fully saturated rings. The van der Waals surface area contributed by atoms with E-state index in [2.05, 4.69) is 53.8 Å². The second-order valence-electron chi connectivity index (χ2n) is 5.08. The van der Waals surface area contributed by atoms with Gasteiger partial charge in [0.05, 0.1) is 10.7 Å². The quantitative estimate of drug-likeness (QED) is 0.871. The summed E-state index contributed by atoms with van der Waals surface area (Å²) in [7, 11) is 2.04. The van der Waals surface area contributed by atoms with E-state index >= 15 is 0 Å². The van der Waals surface area contributed by atoms with Crippen molar-refractivity contribution in [1.82, 2.24) is 10.3 Å². The van der Waals surface area contributed by atoms with Crippen molar-refractivity contribution in [2.75, 3.05) is 7.05 Å². The Hall–Kier alpha value is -1.19. The lowest BCUT2D eigenvalue weighted by Gasteiger charge is -2.15. The number of nitrogens with one attached hydrogen (secondary N) is 1. The second-order valence-corrected chi connectivity index (χ2v) is 6.14. The summed E-state index contributed by atoms with van der Waals surface area (Å²) in [6, 6.07) is 9.29. The summed E-state index contributed by atoms with van der Waals surface area (Å²) in [4.78, 5) is 4.55. The predicted molar refractivity (Wildman–Crippen MR) is 82.9 cm³/mol. The smallest absolute Gasteiger partial charge is 0.0897 e. The van der Waals surface area contributed by atoms with E-state index in [0.29, 0.717) is 6.04 Å². The molecule has 1 aromatic carbocycles. The van der Waals surface area contributed by atoms with Crippen molar-refractivity contribution in [2.24, 2.45) is 0 Å². The molecule has 1 N–H and O–H groups in total. The van der Waals surface area contributed by atoms with E-state index in [0.717, 1.165) is 24.3 Å². The molecule has 0 saturated heterocycles. The maximum absolute atomic E-state index is 4.55. The topological polar surface area (TPSA) is 24.9 Å². The number of nitrogens with zero attached hydrogens (tertiary/aromatic N) is 1. The Morgan fingerprint density at radius 1 is 1.32 bits per heavy atom. The first-order valence-electron chi connectivity index (χ1n) is 6.81. The highest BCUT2D eigenvalue weighted by Gasteiger charge is 2.09. The number of hydrogen-bond donors (Lipinski definition) is 1. The molecule has 102 valence electrons. The van der Waals surface area contributed by atoms with Crippen molar-refractivity contribution in [2.45, 2.75) is 39.2 Å². The van der Waals surface area contributed by atoms with E-state index < -0.39 is 0 Å². The largest absolute Gasteiger partial charge is 0.317 e. The van der Waals surface area contributed by atoms with Gasteiger partial charge >= 0.3 is 0 Å². The van der Waals surface area contributed by atoms with Gasteiger partial charge in [0.1, 0.15) is 0 Å². The molecule has 2 nitrogen and oxygen atoms in total. The average molecular weight is 274 g/mol. The van der Waals surface area contributed by atoms with Gasteiger partial charge in [0.2, 0.25) is 0 Å². The molecular weight excluding hydrogens is 252 g/mol. The summed E-state index contributed by atoms with van der Waals surface area (Å²) in [6.45, 7) is 4.21. The van der Waals surface area contributed by atoms with E-state index in [9.17, 15) is 0 Å². The van der Waals surface area contributed by atoms with Crippen molar-refractivity contribution in [3.8, 4) is 0 Å². The first kappa shape index (κ1) is 14.2. The van der Waals surface area contributed by atoms with E-state index in [-0.39, 0.29) is 0 Å². The fraction of sp³-hybridized carbons (Fsp3) is 0.438. The Bertz CT molecular complexity index is 519. The van der Waals surface area contributed by atoms with Crippen LogP contribution in [0.2, 0.25) is 0 Å². The van der Waals surface area contributed by atoms with E-state index in [4.69, 9.17) is 0 Å². The third kappa shape index (κ3) is 4.44. The zero-order valence-electron chi connectivity index (χ0n) is 11.9. The first-order valence-corrected chi connectivity index (χ1v) is 7.69. The molecule has 1 aromatic heterocycles. The average Bonchev–Trinajstić information content (AvgIpc) is 2.80. The Morgan fingerprint density at radius 3 is 2.79 bits per heavy atom. The summed E-state index contributed by atoms with van der Waals surface area (Å²) in [5.74, 6) is 0. The summed E-state index contributed by atoms with van der Waals surface area (Å²) in [6.07, 6.45) is 3.29. The molecule has 3 heteroatoms. The summed E-state index contributed by atoms with van der Waals surface area (Å²) >= 11 is 1.73. The Labute approximate surface area is 119 Å². The number of hydrogen-bond acceptors (Lipinski definition) is 3. The lowest BCUT2D eigenvalue weighted by molar-refractivity contribution is 0.516. The number of thiazole rings is 1. The molecule has 1 atom stereocenters. The van der Waals surface area contributed by atoms with Gasteiger partial charge in [0.15, 0.2) is 0 Å². The minimum atomic E-state index is 0.502. The Kier molecular flexibility index (Phi) is 5.11. The monoisotopic (exact) mass is 274 g/mol. The lowest BCUT2D eigenvalue weighted by Crippen LogP contribution is -2.28. The van der Waals surface area contributed by atoms with Crippen LogP contribution >= 0.6 is 11.3 Å². The third-order valence-corrected chi connectivity index (χ3v) is 4.22. The lowest BCUT2D eigenvalue weighted by atomic mass is 10.0. The molecule has 1 heterocycles. The maximum atomic E-state index is 4.55. The molecule has 0 radical (unpaired) electrons. The molecule has 0 spiro atoms. The Morgan fingerprint density at radius 2 is 2.16 bits per heavy atom.